The van der Waals surface area contributed by atoms with Gasteiger partial charge in [-0.05, 0) is 31.2 Å². The van der Waals surface area contributed by atoms with Crippen LogP contribution in [0.25, 0.3) is 11.3 Å². The van der Waals surface area contributed by atoms with E-state index in [1.54, 1.807) is 30.6 Å². The highest BCUT2D eigenvalue weighted by Gasteiger charge is 2.28. The van der Waals surface area contributed by atoms with Gasteiger partial charge in [0.2, 0.25) is 5.95 Å². The van der Waals surface area contributed by atoms with Gasteiger partial charge in [-0.2, -0.15) is 0 Å². The molecule has 9 heteroatoms. The Hall–Kier alpha value is -2.51. The van der Waals surface area contributed by atoms with Crippen LogP contribution >= 0.6 is 23.2 Å². The lowest BCUT2D eigenvalue weighted by Crippen LogP contribution is -2.53. The third kappa shape index (κ3) is 3.86. The van der Waals surface area contributed by atoms with E-state index < -0.39 is 0 Å². The third-order valence-electron chi connectivity index (χ3n) is 4.64. The average molecular weight is 419 g/mol. The van der Waals surface area contributed by atoms with Crippen molar-refractivity contribution >= 4 is 35.0 Å². The summed E-state index contributed by atoms with van der Waals surface area (Å²) >= 11 is 12.4. The molecule has 0 bridgehead atoms. The summed E-state index contributed by atoms with van der Waals surface area (Å²) in [4.78, 5) is 21.7. The first-order valence-corrected chi connectivity index (χ1v) is 9.55. The minimum Gasteiger partial charge on any atom is -0.350 e. The smallest absolute Gasteiger partial charge is 0.227 e. The molecule has 6 nitrogen and oxygen atoms in total. The number of anilines is 2. The Labute approximate surface area is 172 Å². The fourth-order valence-corrected chi connectivity index (χ4v) is 3.68. The van der Waals surface area contributed by atoms with Crippen LogP contribution in [0.1, 0.15) is 6.92 Å². The van der Waals surface area contributed by atoms with Gasteiger partial charge in [0, 0.05) is 49.7 Å². The largest absolute Gasteiger partial charge is 0.350 e. The van der Waals surface area contributed by atoms with E-state index in [0.717, 1.165) is 5.56 Å². The molecule has 3 aromatic rings. The van der Waals surface area contributed by atoms with E-state index in [1.807, 2.05) is 0 Å². The van der Waals surface area contributed by atoms with Crippen LogP contribution in [0, 0.1) is 5.82 Å². The second-order valence-corrected chi connectivity index (χ2v) is 7.29. The minimum atomic E-state index is -0.295. The van der Waals surface area contributed by atoms with Gasteiger partial charge >= 0.3 is 0 Å². The van der Waals surface area contributed by atoms with Crippen LogP contribution in [0.4, 0.5) is 16.2 Å². The monoisotopic (exact) mass is 418 g/mol. The normalized spacial score (nSPS) is 17.1. The van der Waals surface area contributed by atoms with Gasteiger partial charge in [-0.3, -0.25) is 0 Å². The predicted molar refractivity (Wildman–Crippen MR) is 108 cm³/mol. The summed E-state index contributed by atoms with van der Waals surface area (Å²) < 4.78 is 13.2. The molecular weight excluding hydrogens is 402 g/mol. The molecule has 0 saturated carbocycles. The van der Waals surface area contributed by atoms with E-state index in [1.165, 1.54) is 12.1 Å². The first kappa shape index (κ1) is 18.8. The molecule has 1 aromatic carbocycles. The second kappa shape index (κ2) is 7.85. The fourth-order valence-electron chi connectivity index (χ4n) is 3.28. The topological polar surface area (TPSA) is 58.0 Å². The van der Waals surface area contributed by atoms with Crippen LogP contribution in [0.5, 0.6) is 0 Å². The molecule has 0 aliphatic carbocycles. The van der Waals surface area contributed by atoms with Crippen LogP contribution in [0.2, 0.25) is 10.3 Å². The Kier molecular flexibility index (Phi) is 5.28. The summed E-state index contributed by atoms with van der Waals surface area (Å²) in [6.45, 7) is 4.15. The zero-order valence-electron chi connectivity index (χ0n) is 15.1. The highest BCUT2D eigenvalue weighted by Crippen LogP contribution is 2.27. The van der Waals surface area contributed by atoms with Crippen molar-refractivity contribution in [1.82, 2.24) is 19.9 Å². The first-order valence-electron chi connectivity index (χ1n) is 8.80. The number of benzene rings is 1. The zero-order chi connectivity index (χ0) is 19.7. The molecular formula is C19H17Cl2FN6. The van der Waals surface area contributed by atoms with Crippen LogP contribution in [-0.2, 0) is 0 Å². The Morgan fingerprint density at radius 2 is 1.79 bits per heavy atom. The SMILES string of the molecule is C[C@@H]1CN(c2nccnc2Cl)CCN1c1nc(Cl)cc(-c2ccc(F)cc2)n1. The van der Waals surface area contributed by atoms with Crippen molar-refractivity contribution in [2.24, 2.45) is 0 Å². The van der Waals surface area contributed by atoms with Gasteiger partial charge in [0.05, 0.1) is 5.69 Å². The number of aromatic nitrogens is 4. The maximum absolute atomic E-state index is 13.2. The maximum Gasteiger partial charge on any atom is 0.227 e. The summed E-state index contributed by atoms with van der Waals surface area (Å²) in [6.07, 6.45) is 3.20. The summed E-state index contributed by atoms with van der Waals surface area (Å²) in [5.41, 5.74) is 1.44. The number of hydrogen-bond donors (Lipinski definition) is 0. The minimum absolute atomic E-state index is 0.103. The number of halogens is 3. The summed E-state index contributed by atoms with van der Waals surface area (Å²) in [5.74, 6) is 0.926. The Bertz CT molecular complexity index is 984. The lowest BCUT2D eigenvalue weighted by Gasteiger charge is -2.40. The summed E-state index contributed by atoms with van der Waals surface area (Å²) in [7, 11) is 0. The number of rotatable bonds is 3. The Morgan fingerprint density at radius 3 is 2.50 bits per heavy atom. The standard InChI is InChI=1S/C19H17Cl2FN6/c1-12-11-27(18-17(21)23-6-7-24-18)8-9-28(12)19-25-15(10-16(20)26-19)13-2-4-14(22)5-3-13/h2-7,10,12H,8-9,11H2,1H3/t12-/m1/s1. The van der Waals surface area contributed by atoms with Gasteiger partial charge in [0.25, 0.3) is 0 Å². The molecule has 0 unspecified atom stereocenters. The van der Waals surface area contributed by atoms with E-state index in [0.29, 0.717) is 47.4 Å². The highest BCUT2D eigenvalue weighted by molar-refractivity contribution is 6.31. The van der Waals surface area contributed by atoms with Crippen LogP contribution in [-0.4, -0.2) is 45.6 Å². The van der Waals surface area contributed by atoms with E-state index in [4.69, 9.17) is 23.2 Å². The van der Waals surface area contributed by atoms with E-state index in [-0.39, 0.29) is 11.9 Å². The number of hydrogen-bond acceptors (Lipinski definition) is 6. The molecule has 0 N–H and O–H groups in total. The average Bonchev–Trinajstić information content (AvgIpc) is 2.68. The van der Waals surface area contributed by atoms with Gasteiger partial charge in [-0.1, -0.05) is 23.2 Å². The van der Waals surface area contributed by atoms with Crippen molar-refractivity contribution in [3.8, 4) is 11.3 Å². The molecule has 2 aromatic heterocycles. The molecule has 144 valence electrons. The van der Waals surface area contributed by atoms with Crippen LogP contribution < -0.4 is 9.80 Å². The predicted octanol–water partition coefficient (Wildman–Crippen LogP) is 4.09. The van der Waals surface area contributed by atoms with E-state index >= 15 is 0 Å². The van der Waals surface area contributed by atoms with Crippen molar-refractivity contribution in [1.29, 1.82) is 0 Å². The van der Waals surface area contributed by atoms with Gasteiger partial charge in [-0.25, -0.2) is 24.3 Å². The molecule has 1 fully saturated rings. The molecule has 0 radical (unpaired) electrons. The number of piperazine rings is 1. The van der Waals surface area contributed by atoms with E-state index in [9.17, 15) is 4.39 Å². The molecule has 1 aliphatic rings. The molecule has 1 atom stereocenters. The molecule has 0 amide bonds. The lowest BCUT2D eigenvalue weighted by atomic mass is 10.1. The maximum atomic E-state index is 13.2. The van der Waals surface area contributed by atoms with E-state index in [2.05, 4.69) is 36.7 Å². The summed E-state index contributed by atoms with van der Waals surface area (Å²) in [6, 6.07) is 7.93. The van der Waals surface area contributed by atoms with Crippen LogP contribution in [0.3, 0.4) is 0 Å². The van der Waals surface area contributed by atoms with Gasteiger partial charge in [-0.15, -0.1) is 0 Å². The second-order valence-electron chi connectivity index (χ2n) is 6.54. The molecule has 28 heavy (non-hydrogen) atoms. The molecule has 1 aliphatic heterocycles. The van der Waals surface area contributed by atoms with Crippen molar-refractivity contribution in [3.63, 3.8) is 0 Å². The Morgan fingerprint density at radius 1 is 1.04 bits per heavy atom. The van der Waals surface area contributed by atoms with Crippen molar-refractivity contribution in [2.75, 3.05) is 29.4 Å². The quantitative estimate of drug-likeness (QED) is 0.596. The highest BCUT2D eigenvalue weighted by atomic mass is 35.5. The first-order chi connectivity index (χ1) is 13.5. The van der Waals surface area contributed by atoms with Crippen molar-refractivity contribution in [3.05, 3.63) is 58.8 Å². The zero-order valence-corrected chi connectivity index (χ0v) is 16.6. The Balaban J connectivity index is 1.58. The molecule has 4 rings (SSSR count). The fraction of sp³-hybridized carbons (Fsp3) is 0.263. The lowest BCUT2D eigenvalue weighted by molar-refractivity contribution is 0.537. The van der Waals surface area contributed by atoms with Crippen LogP contribution in [0.15, 0.2) is 42.7 Å². The molecule has 3 heterocycles. The molecule has 0 spiro atoms. The number of nitrogens with zero attached hydrogens (tertiary/aromatic N) is 6. The van der Waals surface area contributed by atoms with Crippen molar-refractivity contribution < 1.29 is 4.39 Å². The van der Waals surface area contributed by atoms with Gasteiger partial charge in [0.1, 0.15) is 11.0 Å². The summed E-state index contributed by atoms with van der Waals surface area (Å²) in [5, 5.41) is 0.733. The van der Waals surface area contributed by atoms with Gasteiger partial charge < -0.3 is 9.80 Å². The third-order valence-corrected chi connectivity index (χ3v) is 5.10. The molecule has 1 saturated heterocycles. The van der Waals surface area contributed by atoms with Crippen molar-refractivity contribution in [2.45, 2.75) is 13.0 Å². The van der Waals surface area contributed by atoms with Gasteiger partial charge in [0.15, 0.2) is 11.0 Å².